The molecule has 0 fully saturated rings. The first-order valence-electron chi connectivity index (χ1n) is 6.88. The Hall–Kier alpha value is -2.05. The van der Waals surface area contributed by atoms with Crippen LogP contribution in [-0.2, 0) is 11.3 Å². The first kappa shape index (κ1) is 17.3. The lowest BCUT2D eigenvalue weighted by atomic mass is 10.1. The minimum Gasteiger partial charge on any atom is -0.497 e. The molecular formula is C17H17NO3S2. The Morgan fingerprint density at radius 3 is 2.52 bits per heavy atom. The number of benzene rings is 2. The number of carbonyl (C=O) groups is 1. The van der Waals surface area contributed by atoms with Crippen LogP contribution in [0.25, 0.3) is 0 Å². The molecule has 0 atom stereocenters. The molecule has 0 aliphatic rings. The van der Waals surface area contributed by atoms with E-state index in [2.05, 4.69) is 5.32 Å². The van der Waals surface area contributed by atoms with Gasteiger partial charge in [0.15, 0.2) is 0 Å². The Bertz CT molecular complexity index is 686. The number of methoxy groups -OCH3 is 1. The highest BCUT2D eigenvalue weighted by Gasteiger charge is 2.12. The predicted molar refractivity (Wildman–Crippen MR) is 98.3 cm³/mol. The van der Waals surface area contributed by atoms with Crippen LogP contribution in [0.3, 0.4) is 0 Å². The molecule has 0 heterocycles. The summed E-state index contributed by atoms with van der Waals surface area (Å²) in [5.74, 6) is 0.548. The van der Waals surface area contributed by atoms with Gasteiger partial charge in [-0.3, -0.25) is 4.79 Å². The Morgan fingerprint density at radius 2 is 1.87 bits per heavy atom. The van der Waals surface area contributed by atoms with Crippen molar-refractivity contribution in [2.45, 2.75) is 6.61 Å². The van der Waals surface area contributed by atoms with E-state index >= 15 is 0 Å². The monoisotopic (exact) mass is 347 g/mol. The van der Waals surface area contributed by atoms with Crippen molar-refractivity contribution in [1.29, 1.82) is 0 Å². The van der Waals surface area contributed by atoms with Gasteiger partial charge in [-0.15, -0.1) is 0 Å². The van der Waals surface area contributed by atoms with Crippen LogP contribution in [0.5, 0.6) is 5.75 Å². The summed E-state index contributed by atoms with van der Waals surface area (Å²) in [6.45, 7) is 0.270. The lowest BCUT2D eigenvalue weighted by Crippen LogP contribution is -2.15. The average Bonchev–Trinajstić information content (AvgIpc) is 2.60. The van der Waals surface area contributed by atoms with Crippen molar-refractivity contribution in [3.05, 3.63) is 59.7 Å². The van der Waals surface area contributed by atoms with Crippen LogP contribution < -0.4 is 10.1 Å². The maximum atomic E-state index is 12.5. The third kappa shape index (κ3) is 4.97. The fourth-order valence-electron chi connectivity index (χ4n) is 1.94. The Morgan fingerprint density at radius 1 is 1.17 bits per heavy atom. The van der Waals surface area contributed by atoms with Crippen molar-refractivity contribution in [3.63, 3.8) is 0 Å². The van der Waals surface area contributed by atoms with Gasteiger partial charge in [-0.1, -0.05) is 30.0 Å². The molecule has 0 saturated heterocycles. The van der Waals surface area contributed by atoms with Crippen molar-refractivity contribution in [3.8, 4) is 5.75 Å². The number of amides is 1. The van der Waals surface area contributed by atoms with Gasteiger partial charge < -0.3 is 14.8 Å². The van der Waals surface area contributed by atoms with Crippen LogP contribution >= 0.6 is 24.0 Å². The number of anilines is 1. The van der Waals surface area contributed by atoms with Gasteiger partial charge in [-0.05, 0) is 48.8 Å². The van der Waals surface area contributed by atoms with Crippen LogP contribution in [0.15, 0.2) is 48.5 Å². The molecule has 0 saturated carbocycles. The van der Waals surface area contributed by atoms with E-state index in [9.17, 15) is 4.79 Å². The Balaban J connectivity index is 2.10. The van der Waals surface area contributed by atoms with Crippen LogP contribution in [0.1, 0.15) is 15.9 Å². The molecule has 0 bridgehead atoms. The SMILES string of the molecule is COc1ccc(NC(=O)c2ccccc2COC(=S)SC)cc1. The largest absolute Gasteiger partial charge is 0.497 e. The second kappa shape index (κ2) is 8.55. The Kier molecular flexibility index (Phi) is 6.43. The first-order valence-corrected chi connectivity index (χ1v) is 8.51. The molecule has 0 spiro atoms. The van der Waals surface area contributed by atoms with E-state index in [0.29, 0.717) is 15.6 Å². The van der Waals surface area contributed by atoms with E-state index in [-0.39, 0.29) is 12.5 Å². The number of carbonyl (C=O) groups excluding carboxylic acids is 1. The molecule has 2 aromatic rings. The highest BCUT2D eigenvalue weighted by Crippen LogP contribution is 2.18. The zero-order valence-electron chi connectivity index (χ0n) is 12.9. The molecule has 0 radical (unpaired) electrons. The fraction of sp³-hybridized carbons (Fsp3) is 0.176. The van der Waals surface area contributed by atoms with E-state index < -0.39 is 0 Å². The molecular weight excluding hydrogens is 330 g/mol. The minimum absolute atomic E-state index is 0.190. The molecule has 1 amide bonds. The number of thioether (sulfide) groups is 1. The van der Waals surface area contributed by atoms with Gasteiger partial charge in [0.2, 0.25) is 4.38 Å². The topological polar surface area (TPSA) is 47.6 Å². The van der Waals surface area contributed by atoms with Gasteiger partial charge in [0.25, 0.3) is 5.91 Å². The van der Waals surface area contributed by atoms with E-state index in [4.69, 9.17) is 21.7 Å². The number of rotatable bonds is 5. The second-order valence-electron chi connectivity index (χ2n) is 4.58. The second-order valence-corrected chi connectivity index (χ2v) is 5.99. The maximum absolute atomic E-state index is 12.5. The summed E-state index contributed by atoms with van der Waals surface area (Å²) in [5.41, 5.74) is 2.05. The van der Waals surface area contributed by atoms with Crippen LogP contribution in [0.2, 0.25) is 0 Å². The Labute approximate surface area is 145 Å². The third-order valence-corrected chi connectivity index (χ3v) is 4.19. The van der Waals surface area contributed by atoms with Crippen molar-refractivity contribution in [2.24, 2.45) is 0 Å². The predicted octanol–water partition coefficient (Wildman–Crippen LogP) is 4.11. The van der Waals surface area contributed by atoms with Crippen LogP contribution in [0.4, 0.5) is 5.69 Å². The van der Waals surface area contributed by atoms with Gasteiger partial charge in [0, 0.05) is 16.8 Å². The van der Waals surface area contributed by atoms with Crippen LogP contribution in [-0.4, -0.2) is 23.7 Å². The molecule has 0 aliphatic heterocycles. The number of ether oxygens (including phenoxy) is 2. The lowest BCUT2D eigenvalue weighted by Gasteiger charge is -2.11. The third-order valence-electron chi connectivity index (χ3n) is 3.12. The summed E-state index contributed by atoms with van der Waals surface area (Å²) < 4.78 is 11.0. The standard InChI is InChI=1S/C17H17NO3S2/c1-20-14-9-7-13(8-10-14)18-16(19)15-6-4-3-5-12(15)11-21-17(22)23-2/h3-10H,11H2,1-2H3,(H,18,19). The number of thiocarbonyl (C=S) groups is 1. The normalized spacial score (nSPS) is 10.0. The average molecular weight is 347 g/mol. The van der Waals surface area contributed by atoms with Gasteiger partial charge in [-0.2, -0.15) is 0 Å². The van der Waals surface area contributed by atoms with E-state index in [1.54, 1.807) is 37.4 Å². The number of nitrogens with one attached hydrogen (secondary N) is 1. The molecule has 0 aliphatic carbocycles. The molecule has 120 valence electrons. The summed E-state index contributed by atoms with van der Waals surface area (Å²) in [5, 5.41) is 2.86. The van der Waals surface area contributed by atoms with Gasteiger partial charge >= 0.3 is 0 Å². The summed E-state index contributed by atoms with van der Waals surface area (Å²) in [6, 6.07) is 14.5. The smallest absolute Gasteiger partial charge is 0.256 e. The van der Waals surface area contributed by atoms with Crippen molar-refractivity contribution in [2.75, 3.05) is 18.7 Å². The summed E-state index contributed by atoms with van der Waals surface area (Å²) in [4.78, 5) is 12.5. The van der Waals surface area contributed by atoms with Crippen molar-refractivity contribution < 1.29 is 14.3 Å². The van der Waals surface area contributed by atoms with E-state index in [1.165, 1.54) is 11.8 Å². The number of hydrogen-bond acceptors (Lipinski definition) is 5. The van der Waals surface area contributed by atoms with Gasteiger partial charge in [0.1, 0.15) is 12.4 Å². The highest BCUT2D eigenvalue weighted by molar-refractivity contribution is 8.22. The fourth-order valence-corrected chi connectivity index (χ4v) is 2.17. The molecule has 0 unspecified atom stereocenters. The lowest BCUT2D eigenvalue weighted by molar-refractivity contribution is 0.102. The highest BCUT2D eigenvalue weighted by atomic mass is 32.2. The van der Waals surface area contributed by atoms with Crippen molar-refractivity contribution >= 4 is 40.0 Å². The zero-order valence-corrected chi connectivity index (χ0v) is 14.5. The first-order chi connectivity index (χ1) is 11.1. The zero-order chi connectivity index (χ0) is 16.7. The molecule has 23 heavy (non-hydrogen) atoms. The molecule has 2 rings (SSSR count). The summed E-state index contributed by atoms with van der Waals surface area (Å²) in [7, 11) is 1.60. The molecule has 4 nitrogen and oxygen atoms in total. The molecule has 2 aromatic carbocycles. The van der Waals surface area contributed by atoms with E-state index in [0.717, 1.165) is 11.3 Å². The quantitative estimate of drug-likeness (QED) is 0.825. The maximum Gasteiger partial charge on any atom is 0.256 e. The summed E-state index contributed by atoms with van der Waals surface area (Å²) >= 11 is 6.38. The molecule has 0 aromatic heterocycles. The molecule has 1 N–H and O–H groups in total. The minimum atomic E-state index is -0.190. The summed E-state index contributed by atoms with van der Waals surface area (Å²) in [6.07, 6.45) is 1.85. The van der Waals surface area contributed by atoms with Crippen molar-refractivity contribution in [1.82, 2.24) is 0 Å². The van der Waals surface area contributed by atoms with Gasteiger partial charge in [0.05, 0.1) is 7.11 Å². The van der Waals surface area contributed by atoms with Gasteiger partial charge in [-0.25, -0.2) is 0 Å². The number of hydrogen-bond donors (Lipinski definition) is 1. The van der Waals surface area contributed by atoms with E-state index in [1.807, 2.05) is 24.5 Å². The molecule has 6 heteroatoms. The van der Waals surface area contributed by atoms with Crippen LogP contribution in [0, 0.1) is 0 Å².